The summed E-state index contributed by atoms with van der Waals surface area (Å²) in [6.07, 6.45) is 4.87. The van der Waals surface area contributed by atoms with E-state index in [9.17, 15) is 10.1 Å². The van der Waals surface area contributed by atoms with Gasteiger partial charge in [-0.05, 0) is 37.2 Å². The van der Waals surface area contributed by atoms with E-state index >= 15 is 0 Å². The van der Waals surface area contributed by atoms with Gasteiger partial charge in [-0.25, -0.2) is 4.98 Å². The van der Waals surface area contributed by atoms with Gasteiger partial charge in [-0.15, -0.1) is 0 Å². The number of pyridine rings is 1. The van der Waals surface area contributed by atoms with Crippen LogP contribution >= 0.6 is 0 Å². The van der Waals surface area contributed by atoms with Crippen LogP contribution in [0.2, 0.25) is 0 Å². The molecule has 0 radical (unpaired) electrons. The van der Waals surface area contributed by atoms with Crippen molar-refractivity contribution in [3.05, 3.63) is 27.9 Å². The molecular weight excluding hydrogens is 230 g/mol. The van der Waals surface area contributed by atoms with Gasteiger partial charge < -0.3 is 5.32 Å². The Labute approximate surface area is 107 Å². The standard InChI is InChI=1S/C13H19N3O2/c1-9-6-11(16(17)18)12(14-8-9)15-10-4-5-13(2,3)7-10/h6,8,10H,4-5,7H2,1-3H3,(H,14,15). The smallest absolute Gasteiger partial charge is 0.311 e. The molecule has 5 nitrogen and oxygen atoms in total. The fourth-order valence-electron chi connectivity index (χ4n) is 2.56. The number of nitrogens with zero attached hydrogens (tertiary/aromatic N) is 2. The summed E-state index contributed by atoms with van der Waals surface area (Å²) >= 11 is 0. The highest BCUT2D eigenvalue weighted by Crippen LogP contribution is 2.38. The van der Waals surface area contributed by atoms with Gasteiger partial charge in [0.15, 0.2) is 0 Å². The lowest BCUT2D eigenvalue weighted by molar-refractivity contribution is -0.384. The molecule has 1 N–H and O–H groups in total. The third kappa shape index (κ3) is 2.78. The van der Waals surface area contributed by atoms with Gasteiger partial charge in [0.2, 0.25) is 5.82 Å². The first-order chi connectivity index (χ1) is 8.37. The molecule has 1 fully saturated rings. The van der Waals surface area contributed by atoms with E-state index in [4.69, 9.17) is 0 Å². The quantitative estimate of drug-likeness (QED) is 0.659. The second-order valence-electron chi connectivity index (χ2n) is 5.89. The zero-order valence-electron chi connectivity index (χ0n) is 11.1. The number of hydrogen-bond acceptors (Lipinski definition) is 4. The molecule has 0 aliphatic heterocycles. The molecule has 1 aromatic rings. The molecule has 1 heterocycles. The maximum Gasteiger partial charge on any atom is 0.311 e. The molecule has 1 atom stereocenters. The van der Waals surface area contributed by atoms with E-state index in [0.717, 1.165) is 24.8 Å². The fraction of sp³-hybridized carbons (Fsp3) is 0.615. The zero-order chi connectivity index (χ0) is 13.3. The lowest BCUT2D eigenvalue weighted by Crippen LogP contribution is -2.19. The van der Waals surface area contributed by atoms with E-state index < -0.39 is 0 Å². The zero-order valence-corrected chi connectivity index (χ0v) is 11.1. The number of anilines is 1. The Balaban J connectivity index is 2.17. The van der Waals surface area contributed by atoms with Crippen LogP contribution in [0.3, 0.4) is 0 Å². The van der Waals surface area contributed by atoms with Crippen molar-refractivity contribution in [1.82, 2.24) is 4.98 Å². The molecule has 1 saturated carbocycles. The van der Waals surface area contributed by atoms with E-state index in [1.165, 1.54) is 0 Å². The molecule has 18 heavy (non-hydrogen) atoms. The van der Waals surface area contributed by atoms with Crippen LogP contribution in [0, 0.1) is 22.5 Å². The minimum Gasteiger partial charge on any atom is -0.362 e. The number of rotatable bonds is 3. The Morgan fingerprint density at radius 1 is 1.56 bits per heavy atom. The predicted molar refractivity (Wildman–Crippen MR) is 70.7 cm³/mol. The van der Waals surface area contributed by atoms with Crippen LogP contribution in [0.25, 0.3) is 0 Å². The molecule has 1 aliphatic carbocycles. The van der Waals surface area contributed by atoms with Gasteiger partial charge in [-0.2, -0.15) is 0 Å². The second-order valence-corrected chi connectivity index (χ2v) is 5.89. The Hall–Kier alpha value is -1.65. The van der Waals surface area contributed by atoms with E-state index in [1.807, 2.05) is 6.92 Å². The van der Waals surface area contributed by atoms with Gasteiger partial charge in [-0.1, -0.05) is 13.8 Å². The SMILES string of the molecule is Cc1cnc(NC2CCC(C)(C)C2)c([N+](=O)[O-])c1. The van der Waals surface area contributed by atoms with Crippen LogP contribution < -0.4 is 5.32 Å². The highest BCUT2D eigenvalue weighted by atomic mass is 16.6. The molecule has 98 valence electrons. The van der Waals surface area contributed by atoms with Gasteiger partial charge in [-0.3, -0.25) is 10.1 Å². The minimum absolute atomic E-state index is 0.0692. The van der Waals surface area contributed by atoms with E-state index in [2.05, 4.69) is 24.1 Å². The van der Waals surface area contributed by atoms with Crippen molar-refractivity contribution in [2.24, 2.45) is 5.41 Å². The van der Waals surface area contributed by atoms with E-state index in [0.29, 0.717) is 11.2 Å². The average Bonchev–Trinajstić information content (AvgIpc) is 2.60. The first-order valence-corrected chi connectivity index (χ1v) is 6.25. The summed E-state index contributed by atoms with van der Waals surface area (Å²) in [6.45, 7) is 6.26. The summed E-state index contributed by atoms with van der Waals surface area (Å²) in [4.78, 5) is 14.8. The van der Waals surface area contributed by atoms with Crippen molar-refractivity contribution in [3.63, 3.8) is 0 Å². The van der Waals surface area contributed by atoms with Crippen LogP contribution in [0.1, 0.15) is 38.7 Å². The Morgan fingerprint density at radius 2 is 2.28 bits per heavy atom. The van der Waals surface area contributed by atoms with Crippen molar-refractivity contribution in [1.29, 1.82) is 0 Å². The molecule has 5 heteroatoms. The molecule has 0 bridgehead atoms. The fourth-order valence-corrected chi connectivity index (χ4v) is 2.56. The van der Waals surface area contributed by atoms with Crippen LogP contribution in [-0.4, -0.2) is 15.9 Å². The summed E-state index contributed by atoms with van der Waals surface area (Å²) in [5, 5.41) is 14.2. The van der Waals surface area contributed by atoms with Crippen molar-refractivity contribution in [3.8, 4) is 0 Å². The van der Waals surface area contributed by atoms with Gasteiger partial charge in [0.05, 0.1) is 4.92 Å². The van der Waals surface area contributed by atoms with Crippen LogP contribution in [0.15, 0.2) is 12.3 Å². The van der Waals surface area contributed by atoms with E-state index in [-0.39, 0.29) is 16.7 Å². The second kappa shape index (κ2) is 4.55. The van der Waals surface area contributed by atoms with Crippen LogP contribution in [-0.2, 0) is 0 Å². The first-order valence-electron chi connectivity index (χ1n) is 6.25. The molecule has 0 spiro atoms. The molecule has 1 aliphatic rings. The number of aryl methyl sites for hydroxylation is 1. The molecule has 0 amide bonds. The summed E-state index contributed by atoms with van der Waals surface area (Å²) < 4.78 is 0. The van der Waals surface area contributed by atoms with Gasteiger partial charge in [0.25, 0.3) is 0 Å². The summed E-state index contributed by atoms with van der Waals surface area (Å²) in [6, 6.07) is 1.85. The number of nitrogens with one attached hydrogen (secondary N) is 1. The summed E-state index contributed by atoms with van der Waals surface area (Å²) in [7, 11) is 0. The van der Waals surface area contributed by atoms with Crippen molar-refractivity contribution in [2.75, 3.05) is 5.32 Å². The minimum atomic E-state index is -0.373. The van der Waals surface area contributed by atoms with Gasteiger partial charge >= 0.3 is 5.69 Å². The van der Waals surface area contributed by atoms with Gasteiger partial charge in [0, 0.05) is 18.3 Å². The largest absolute Gasteiger partial charge is 0.362 e. The highest BCUT2D eigenvalue weighted by Gasteiger charge is 2.32. The highest BCUT2D eigenvalue weighted by molar-refractivity contribution is 5.57. The third-order valence-corrected chi connectivity index (χ3v) is 3.51. The van der Waals surface area contributed by atoms with Crippen molar-refractivity contribution >= 4 is 11.5 Å². The molecule has 0 aromatic carbocycles. The monoisotopic (exact) mass is 249 g/mol. The van der Waals surface area contributed by atoms with Crippen molar-refractivity contribution in [2.45, 2.75) is 46.1 Å². The van der Waals surface area contributed by atoms with Crippen LogP contribution in [0.5, 0.6) is 0 Å². The Bertz CT molecular complexity index is 471. The molecule has 2 rings (SSSR count). The summed E-state index contributed by atoms with van der Waals surface area (Å²) in [5.74, 6) is 0.397. The Kier molecular flexibility index (Phi) is 3.24. The van der Waals surface area contributed by atoms with Crippen LogP contribution in [0.4, 0.5) is 11.5 Å². The van der Waals surface area contributed by atoms with Crippen molar-refractivity contribution < 1.29 is 4.92 Å². The average molecular weight is 249 g/mol. The molecule has 1 unspecified atom stereocenters. The Morgan fingerprint density at radius 3 is 2.83 bits per heavy atom. The first kappa shape index (κ1) is 12.8. The maximum atomic E-state index is 11.0. The lowest BCUT2D eigenvalue weighted by Gasteiger charge is -2.18. The number of aromatic nitrogens is 1. The predicted octanol–water partition coefficient (Wildman–Crippen LogP) is 3.29. The number of hydrogen-bond donors (Lipinski definition) is 1. The normalized spacial score (nSPS) is 21.8. The molecular formula is C13H19N3O2. The molecule has 0 saturated heterocycles. The topological polar surface area (TPSA) is 68.1 Å². The number of nitro groups is 1. The van der Waals surface area contributed by atoms with Gasteiger partial charge in [0.1, 0.15) is 0 Å². The summed E-state index contributed by atoms with van der Waals surface area (Å²) in [5.41, 5.74) is 1.19. The third-order valence-electron chi connectivity index (χ3n) is 3.51. The van der Waals surface area contributed by atoms with E-state index in [1.54, 1.807) is 12.3 Å². The lowest BCUT2D eigenvalue weighted by atomic mass is 9.92. The maximum absolute atomic E-state index is 11.0. The molecule has 1 aromatic heterocycles.